The summed E-state index contributed by atoms with van der Waals surface area (Å²) >= 11 is 0. The van der Waals surface area contributed by atoms with Crippen molar-refractivity contribution in [2.24, 2.45) is 17.6 Å². The van der Waals surface area contributed by atoms with E-state index >= 15 is 0 Å². The molecule has 0 saturated carbocycles. The Kier molecular flexibility index (Phi) is 6.09. The number of rotatable bonds is 5. The van der Waals surface area contributed by atoms with E-state index in [9.17, 15) is 4.79 Å². The Bertz CT molecular complexity index is 269. The van der Waals surface area contributed by atoms with Crippen molar-refractivity contribution in [1.29, 1.82) is 0 Å². The Hall–Kier alpha value is -0.610. The fourth-order valence-electron chi connectivity index (χ4n) is 2.55. The predicted octanol–water partition coefficient (Wildman–Crippen LogP) is 1.63. The van der Waals surface area contributed by atoms with Crippen LogP contribution in [0.2, 0.25) is 0 Å². The number of carbonyl (C=O) groups is 1. The first-order valence-corrected chi connectivity index (χ1v) is 7.11. The van der Waals surface area contributed by atoms with Crippen LogP contribution in [-0.2, 0) is 9.53 Å². The molecule has 1 amide bonds. The molecule has 4 heteroatoms. The molecule has 2 N–H and O–H groups in total. The standard InChI is InChI=1S/C14H28N2O2/c1-5-13-9-18-11(4)8-16(13)14(17)12(7-15)6-10(2)3/h10-13H,5-9,15H2,1-4H3. The molecule has 1 fully saturated rings. The number of nitrogens with two attached hydrogens (primary N) is 1. The average Bonchev–Trinajstić information content (AvgIpc) is 2.34. The van der Waals surface area contributed by atoms with Gasteiger partial charge < -0.3 is 15.4 Å². The van der Waals surface area contributed by atoms with E-state index < -0.39 is 0 Å². The van der Waals surface area contributed by atoms with Crippen LogP contribution in [0, 0.1) is 11.8 Å². The minimum Gasteiger partial charge on any atom is -0.375 e. The summed E-state index contributed by atoms with van der Waals surface area (Å²) < 4.78 is 5.63. The molecular formula is C14H28N2O2. The van der Waals surface area contributed by atoms with Gasteiger partial charge in [-0.1, -0.05) is 20.8 Å². The predicted molar refractivity (Wildman–Crippen MR) is 73.2 cm³/mol. The highest BCUT2D eigenvalue weighted by atomic mass is 16.5. The van der Waals surface area contributed by atoms with Crippen molar-refractivity contribution in [2.45, 2.75) is 52.7 Å². The maximum absolute atomic E-state index is 12.6. The summed E-state index contributed by atoms with van der Waals surface area (Å²) in [6.45, 7) is 10.2. The molecule has 0 aliphatic carbocycles. The molecular weight excluding hydrogens is 228 g/mol. The van der Waals surface area contributed by atoms with E-state index in [2.05, 4.69) is 20.8 Å². The topological polar surface area (TPSA) is 55.6 Å². The molecule has 0 aromatic carbocycles. The first-order chi connectivity index (χ1) is 8.49. The lowest BCUT2D eigenvalue weighted by molar-refractivity contribution is -0.149. The molecule has 106 valence electrons. The van der Waals surface area contributed by atoms with E-state index in [0.29, 0.717) is 25.6 Å². The van der Waals surface area contributed by atoms with Gasteiger partial charge in [-0.15, -0.1) is 0 Å². The fraction of sp³-hybridized carbons (Fsp3) is 0.929. The van der Waals surface area contributed by atoms with Crippen LogP contribution in [-0.4, -0.2) is 42.6 Å². The van der Waals surface area contributed by atoms with Crippen LogP contribution in [0.25, 0.3) is 0 Å². The summed E-state index contributed by atoms with van der Waals surface area (Å²) in [5.41, 5.74) is 5.77. The van der Waals surface area contributed by atoms with Gasteiger partial charge in [0.15, 0.2) is 0 Å². The second-order valence-corrected chi connectivity index (χ2v) is 5.76. The first-order valence-electron chi connectivity index (χ1n) is 7.11. The van der Waals surface area contributed by atoms with Crippen LogP contribution in [0.5, 0.6) is 0 Å². The summed E-state index contributed by atoms with van der Waals surface area (Å²) in [6.07, 6.45) is 1.95. The van der Waals surface area contributed by atoms with E-state index in [1.165, 1.54) is 0 Å². The second kappa shape index (κ2) is 7.10. The Morgan fingerprint density at radius 1 is 1.50 bits per heavy atom. The van der Waals surface area contributed by atoms with E-state index in [1.807, 2.05) is 11.8 Å². The van der Waals surface area contributed by atoms with Gasteiger partial charge in [0.25, 0.3) is 0 Å². The number of ether oxygens (including phenoxy) is 1. The van der Waals surface area contributed by atoms with Crippen LogP contribution < -0.4 is 5.73 Å². The molecule has 1 saturated heterocycles. The zero-order valence-electron chi connectivity index (χ0n) is 12.2. The van der Waals surface area contributed by atoms with Crippen molar-refractivity contribution in [3.8, 4) is 0 Å². The van der Waals surface area contributed by atoms with Crippen molar-refractivity contribution in [3.63, 3.8) is 0 Å². The Morgan fingerprint density at radius 2 is 2.17 bits per heavy atom. The number of hydrogen-bond acceptors (Lipinski definition) is 3. The quantitative estimate of drug-likeness (QED) is 0.813. The SMILES string of the molecule is CCC1COC(C)CN1C(=O)C(CN)CC(C)C. The van der Waals surface area contributed by atoms with E-state index in [4.69, 9.17) is 10.5 Å². The summed E-state index contributed by atoms with van der Waals surface area (Å²) in [5, 5.41) is 0. The summed E-state index contributed by atoms with van der Waals surface area (Å²) in [6, 6.07) is 0.218. The second-order valence-electron chi connectivity index (χ2n) is 5.76. The highest BCUT2D eigenvalue weighted by Gasteiger charge is 2.32. The third-order valence-electron chi connectivity index (χ3n) is 3.61. The van der Waals surface area contributed by atoms with Crippen LogP contribution >= 0.6 is 0 Å². The van der Waals surface area contributed by atoms with E-state index in [0.717, 1.165) is 12.8 Å². The van der Waals surface area contributed by atoms with Gasteiger partial charge >= 0.3 is 0 Å². The van der Waals surface area contributed by atoms with Gasteiger partial charge in [0.05, 0.1) is 24.7 Å². The molecule has 0 aromatic rings. The molecule has 18 heavy (non-hydrogen) atoms. The van der Waals surface area contributed by atoms with Gasteiger partial charge in [-0.05, 0) is 25.7 Å². The van der Waals surface area contributed by atoms with Crippen LogP contribution in [0.15, 0.2) is 0 Å². The van der Waals surface area contributed by atoms with Gasteiger partial charge in [-0.25, -0.2) is 0 Å². The molecule has 3 unspecified atom stereocenters. The zero-order valence-corrected chi connectivity index (χ0v) is 12.2. The highest BCUT2D eigenvalue weighted by molar-refractivity contribution is 5.79. The van der Waals surface area contributed by atoms with E-state index in [-0.39, 0.29) is 24.0 Å². The number of amides is 1. The van der Waals surface area contributed by atoms with Gasteiger partial charge in [0.1, 0.15) is 0 Å². The van der Waals surface area contributed by atoms with Gasteiger partial charge in [-0.3, -0.25) is 4.79 Å². The van der Waals surface area contributed by atoms with Crippen LogP contribution in [0.1, 0.15) is 40.5 Å². The van der Waals surface area contributed by atoms with Crippen LogP contribution in [0.4, 0.5) is 0 Å². The maximum atomic E-state index is 12.6. The minimum atomic E-state index is -0.0376. The number of carbonyl (C=O) groups excluding carboxylic acids is 1. The molecule has 0 aromatic heterocycles. The van der Waals surface area contributed by atoms with Crippen molar-refractivity contribution in [3.05, 3.63) is 0 Å². The first kappa shape index (κ1) is 15.4. The molecule has 1 heterocycles. The highest BCUT2D eigenvalue weighted by Crippen LogP contribution is 2.20. The van der Waals surface area contributed by atoms with E-state index in [1.54, 1.807) is 0 Å². The lowest BCUT2D eigenvalue weighted by Gasteiger charge is -2.40. The molecule has 1 rings (SSSR count). The number of nitrogens with zero attached hydrogens (tertiary/aromatic N) is 1. The third-order valence-corrected chi connectivity index (χ3v) is 3.61. The van der Waals surface area contributed by atoms with Gasteiger partial charge in [-0.2, -0.15) is 0 Å². The summed E-state index contributed by atoms with van der Waals surface area (Å²) in [5.74, 6) is 0.679. The maximum Gasteiger partial charge on any atom is 0.227 e. The monoisotopic (exact) mass is 256 g/mol. The average molecular weight is 256 g/mol. The molecule has 4 nitrogen and oxygen atoms in total. The Balaban J connectivity index is 2.71. The van der Waals surface area contributed by atoms with Crippen LogP contribution in [0.3, 0.4) is 0 Å². The van der Waals surface area contributed by atoms with Crippen molar-refractivity contribution in [1.82, 2.24) is 4.90 Å². The third kappa shape index (κ3) is 3.95. The van der Waals surface area contributed by atoms with Gasteiger partial charge in [0.2, 0.25) is 5.91 Å². The molecule has 1 aliphatic rings. The molecule has 1 aliphatic heterocycles. The fourth-order valence-corrected chi connectivity index (χ4v) is 2.55. The summed E-state index contributed by atoms with van der Waals surface area (Å²) in [7, 11) is 0. The van der Waals surface area contributed by atoms with Crippen molar-refractivity contribution < 1.29 is 9.53 Å². The lowest BCUT2D eigenvalue weighted by atomic mass is 9.94. The molecule has 3 atom stereocenters. The zero-order chi connectivity index (χ0) is 13.7. The normalized spacial score (nSPS) is 26.4. The molecule has 0 bridgehead atoms. The van der Waals surface area contributed by atoms with Crippen molar-refractivity contribution >= 4 is 5.91 Å². The molecule has 0 spiro atoms. The molecule has 0 radical (unpaired) electrons. The van der Waals surface area contributed by atoms with Crippen molar-refractivity contribution in [2.75, 3.05) is 19.7 Å². The number of hydrogen-bond donors (Lipinski definition) is 1. The smallest absolute Gasteiger partial charge is 0.227 e. The number of morpholine rings is 1. The minimum absolute atomic E-state index is 0.0376. The lowest BCUT2D eigenvalue weighted by Crippen LogP contribution is -2.54. The van der Waals surface area contributed by atoms with Gasteiger partial charge in [0, 0.05) is 13.1 Å². The summed E-state index contributed by atoms with van der Waals surface area (Å²) in [4.78, 5) is 14.6. The Labute approximate surface area is 111 Å². The Morgan fingerprint density at radius 3 is 2.67 bits per heavy atom. The largest absolute Gasteiger partial charge is 0.375 e.